The van der Waals surface area contributed by atoms with Gasteiger partial charge in [-0.15, -0.1) is 6.58 Å². The molecule has 0 aromatic heterocycles. The van der Waals surface area contributed by atoms with E-state index in [9.17, 15) is 24.6 Å². The minimum atomic E-state index is -1.30. The monoisotopic (exact) mass is 534 g/mol. The lowest BCUT2D eigenvalue weighted by Gasteiger charge is -2.43. The number of carbonyl (C=O) groups excluding carboxylic acids is 2. The number of aliphatic hydroxyl groups excluding tert-OH is 1. The van der Waals surface area contributed by atoms with E-state index in [1.54, 1.807) is 35.2 Å². The van der Waals surface area contributed by atoms with Crippen molar-refractivity contribution in [3.8, 4) is 0 Å². The second kappa shape index (κ2) is 8.77. The lowest BCUT2D eigenvalue weighted by Crippen LogP contribution is -2.60. The van der Waals surface area contributed by atoms with Crippen molar-refractivity contribution in [3.63, 3.8) is 0 Å². The highest BCUT2D eigenvalue weighted by Gasteiger charge is 2.77. The molecule has 1 spiro atoms. The highest BCUT2D eigenvalue weighted by atomic mass is 79.9. The summed E-state index contributed by atoms with van der Waals surface area (Å²) in [4.78, 5) is 43.2. The highest BCUT2D eigenvalue weighted by molar-refractivity contribution is 9.09. The van der Waals surface area contributed by atoms with Crippen LogP contribution in [0.25, 0.3) is 0 Å². The van der Waals surface area contributed by atoms with Gasteiger partial charge in [-0.1, -0.05) is 52.3 Å². The largest absolute Gasteiger partial charge is 0.481 e. The smallest absolute Gasteiger partial charge is 0.310 e. The van der Waals surface area contributed by atoms with Crippen LogP contribution in [0, 0.1) is 11.8 Å². The Morgan fingerprint density at radius 1 is 1.35 bits per heavy atom. The summed E-state index contributed by atoms with van der Waals surface area (Å²) in [6, 6.07) is 7.08. The van der Waals surface area contributed by atoms with Gasteiger partial charge in [0.05, 0.1) is 30.6 Å². The maximum Gasteiger partial charge on any atom is 0.310 e. The van der Waals surface area contributed by atoms with Gasteiger partial charge in [0.15, 0.2) is 0 Å². The summed E-state index contributed by atoms with van der Waals surface area (Å²) in [5.41, 5.74) is -1.23. The normalized spacial score (nSPS) is 33.0. The first-order valence-electron chi connectivity index (χ1n) is 11.4. The molecule has 3 saturated heterocycles. The number of carboxylic acids is 1. The molecule has 3 heterocycles. The highest BCUT2D eigenvalue weighted by Crippen LogP contribution is 2.61. The number of nitrogens with zero attached hydrogens (tertiary/aromatic N) is 2. The Morgan fingerprint density at radius 2 is 2.00 bits per heavy atom. The molecule has 0 radical (unpaired) electrons. The van der Waals surface area contributed by atoms with Crippen molar-refractivity contribution in [1.82, 2.24) is 9.80 Å². The molecule has 3 aliphatic heterocycles. The number of fused-ring (bicyclic) bond motifs is 1. The first kappa shape index (κ1) is 24.9. The molecule has 7 atom stereocenters. The summed E-state index contributed by atoms with van der Waals surface area (Å²) in [7, 11) is 0. The van der Waals surface area contributed by atoms with E-state index in [0.717, 1.165) is 0 Å². The summed E-state index contributed by atoms with van der Waals surface area (Å²) in [6.07, 6.45) is 1.24. The number of alkyl halides is 1. The molecule has 0 aliphatic carbocycles. The van der Waals surface area contributed by atoms with Gasteiger partial charge in [0, 0.05) is 16.9 Å². The Morgan fingerprint density at radius 3 is 2.53 bits per heavy atom. The zero-order valence-electron chi connectivity index (χ0n) is 19.6. The van der Waals surface area contributed by atoms with Crippen LogP contribution in [0.2, 0.25) is 0 Å². The lowest BCUT2D eigenvalue weighted by molar-refractivity contribution is -0.155. The van der Waals surface area contributed by atoms with Gasteiger partial charge in [-0.25, -0.2) is 0 Å². The molecule has 4 rings (SSSR count). The van der Waals surface area contributed by atoms with E-state index in [0.29, 0.717) is 12.0 Å². The molecule has 1 aromatic carbocycles. The first-order valence-corrected chi connectivity index (χ1v) is 12.4. The summed E-state index contributed by atoms with van der Waals surface area (Å²) in [5, 5.41) is 20.4. The van der Waals surface area contributed by atoms with E-state index in [2.05, 4.69) is 22.5 Å². The molecular weight excluding hydrogens is 504 g/mol. The van der Waals surface area contributed by atoms with Crippen LogP contribution < -0.4 is 0 Å². The zero-order chi connectivity index (χ0) is 25.0. The Labute approximate surface area is 207 Å². The Hall–Kier alpha value is -2.23. The van der Waals surface area contributed by atoms with Crippen molar-refractivity contribution in [2.45, 2.75) is 61.3 Å². The van der Waals surface area contributed by atoms with Gasteiger partial charge in [0.25, 0.3) is 0 Å². The van der Waals surface area contributed by atoms with Crippen LogP contribution in [0.15, 0.2) is 43.0 Å². The Kier molecular flexibility index (Phi) is 6.42. The van der Waals surface area contributed by atoms with Crippen molar-refractivity contribution in [2.24, 2.45) is 11.8 Å². The number of likely N-dealkylation sites (tertiary alicyclic amines) is 1. The zero-order valence-corrected chi connectivity index (χ0v) is 21.1. The molecule has 184 valence electrons. The fraction of sp³-hybridized carbons (Fsp3) is 0.560. The van der Waals surface area contributed by atoms with Crippen molar-refractivity contribution in [3.05, 3.63) is 48.6 Å². The maximum absolute atomic E-state index is 14.3. The van der Waals surface area contributed by atoms with Gasteiger partial charge in [-0.3, -0.25) is 14.4 Å². The number of carboxylic acid groups (broad SMARTS) is 1. The molecule has 9 heteroatoms. The van der Waals surface area contributed by atoms with Crippen LogP contribution >= 0.6 is 15.9 Å². The minimum absolute atomic E-state index is 0.250. The fourth-order valence-electron chi connectivity index (χ4n) is 5.97. The quantitative estimate of drug-likeness (QED) is 0.410. The standard InChI is InChI=1S/C25H31BrN2O6/c1-5-11-27(24(2,3)4)22(31)20-25-12-15(26)19(34-25)17(23(32)33)18(25)21(30)28(20)16(13-29)14-9-7-6-8-10-14/h5-10,15-20,29H,1,11-13H2,2-4H3,(H,32,33)/t15?,16-,17-,18+,19-,20?,25?/m1/s1. The van der Waals surface area contributed by atoms with Crippen LogP contribution in [-0.2, 0) is 19.1 Å². The third-order valence-corrected chi connectivity index (χ3v) is 8.17. The lowest BCUT2D eigenvalue weighted by atomic mass is 9.70. The first-order chi connectivity index (χ1) is 16.0. The topological polar surface area (TPSA) is 107 Å². The molecule has 2 bridgehead atoms. The van der Waals surface area contributed by atoms with E-state index < -0.39 is 59.6 Å². The Bertz CT molecular complexity index is 995. The van der Waals surface area contributed by atoms with Crippen molar-refractivity contribution < 1.29 is 29.3 Å². The summed E-state index contributed by atoms with van der Waals surface area (Å²) in [6.45, 7) is 9.30. The molecule has 2 N–H and O–H groups in total. The molecule has 2 amide bonds. The maximum atomic E-state index is 14.3. The second-order valence-corrected chi connectivity index (χ2v) is 11.4. The fourth-order valence-corrected chi connectivity index (χ4v) is 6.91. The number of aliphatic carboxylic acids is 1. The molecule has 3 aliphatic rings. The van der Waals surface area contributed by atoms with Crippen molar-refractivity contribution >= 4 is 33.7 Å². The minimum Gasteiger partial charge on any atom is -0.481 e. The van der Waals surface area contributed by atoms with Crippen LogP contribution in [0.1, 0.15) is 38.8 Å². The van der Waals surface area contributed by atoms with Crippen LogP contribution in [0.5, 0.6) is 0 Å². The molecule has 8 nitrogen and oxygen atoms in total. The predicted octanol–water partition coefficient (Wildman–Crippen LogP) is 2.37. The number of halogens is 1. The number of rotatable bonds is 7. The van der Waals surface area contributed by atoms with Crippen LogP contribution in [0.4, 0.5) is 0 Å². The third-order valence-electron chi connectivity index (χ3n) is 7.33. The van der Waals surface area contributed by atoms with E-state index >= 15 is 0 Å². The number of ether oxygens (including phenoxy) is 1. The van der Waals surface area contributed by atoms with E-state index in [1.807, 2.05) is 26.8 Å². The van der Waals surface area contributed by atoms with E-state index in [-0.39, 0.29) is 17.3 Å². The van der Waals surface area contributed by atoms with E-state index in [4.69, 9.17) is 4.74 Å². The van der Waals surface area contributed by atoms with Gasteiger partial charge in [-0.05, 0) is 32.8 Å². The average Bonchev–Trinajstić information content (AvgIpc) is 3.36. The Balaban J connectivity index is 1.89. The number of benzene rings is 1. The molecule has 3 fully saturated rings. The predicted molar refractivity (Wildman–Crippen MR) is 128 cm³/mol. The van der Waals surface area contributed by atoms with Gasteiger partial charge in [0.2, 0.25) is 11.8 Å². The molecule has 34 heavy (non-hydrogen) atoms. The van der Waals surface area contributed by atoms with Gasteiger partial charge in [-0.2, -0.15) is 0 Å². The van der Waals surface area contributed by atoms with Crippen LogP contribution in [0.3, 0.4) is 0 Å². The average molecular weight is 535 g/mol. The summed E-state index contributed by atoms with van der Waals surface area (Å²) in [5.74, 6) is -4.03. The van der Waals surface area contributed by atoms with E-state index in [1.165, 1.54) is 4.90 Å². The molecular formula is C25H31BrN2O6. The molecule has 1 aromatic rings. The number of amides is 2. The second-order valence-electron chi connectivity index (χ2n) is 10.3. The summed E-state index contributed by atoms with van der Waals surface area (Å²) >= 11 is 3.55. The van der Waals surface area contributed by atoms with Crippen LogP contribution in [-0.4, -0.2) is 79.1 Å². The molecule has 3 unspecified atom stereocenters. The number of hydrogen-bond acceptors (Lipinski definition) is 5. The van der Waals surface area contributed by atoms with Crippen molar-refractivity contribution in [1.29, 1.82) is 0 Å². The number of aliphatic hydroxyl groups is 1. The number of hydrogen-bond donors (Lipinski definition) is 2. The van der Waals surface area contributed by atoms with Gasteiger partial charge >= 0.3 is 5.97 Å². The SMILES string of the molecule is C=CCN(C(=O)C1N([C@H](CO)c2ccccc2)C(=O)[C@@H]2[C@@H](C(=O)O)[C@@H]3OC12CC3Br)C(C)(C)C. The van der Waals surface area contributed by atoms with Gasteiger partial charge in [0.1, 0.15) is 11.6 Å². The third kappa shape index (κ3) is 3.60. The number of carbonyl (C=O) groups is 3. The van der Waals surface area contributed by atoms with Crippen molar-refractivity contribution in [2.75, 3.05) is 13.2 Å². The molecule has 0 saturated carbocycles. The summed E-state index contributed by atoms with van der Waals surface area (Å²) < 4.78 is 6.33. The van der Waals surface area contributed by atoms with Gasteiger partial charge < -0.3 is 24.7 Å².